The maximum absolute atomic E-state index is 13.3. The molecule has 0 spiro atoms. The van der Waals surface area contributed by atoms with Gasteiger partial charge in [-0.3, -0.25) is 9.59 Å². The van der Waals surface area contributed by atoms with Crippen LogP contribution in [-0.4, -0.2) is 82.7 Å². The molecule has 1 aliphatic heterocycles. The number of rotatable bonds is 5. The first kappa shape index (κ1) is 27.8. The molecule has 0 unspecified atom stereocenters. The molecule has 0 aliphatic carbocycles. The lowest BCUT2D eigenvalue weighted by molar-refractivity contribution is -0.135. The van der Waals surface area contributed by atoms with Crippen LogP contribution in [0.25, 0.3) is 11.4 Å². The predicted molar refractivity (Wildman–Crippen MR) is 147 cm³/mol. The van der Waals surface area contributed by atoms with E-state index in [1.54, 1.807) is 17.5 Å². The Labute approximate surface area is 228 Å². The highest BCUT2D eigenvalue weighted by molar-refractivity contribution is 7.09. The van der Waals surface area contributed by atoms with Gasteiger partial charge >= 0.3 is 0 Å². The van der Waals surface area contributed by atoms with Gasteiger partial charge in [-0.2, -0.15) is 0 Å². The second kappa shape index (κ2) is 14.1. The molecular formula is C28H37N5O4S. The Hall–Kier alpha value is -3.24. The van der Waals surface area contributed by atoms with Gasteiger partial charge in [0.2, 0.25) is 11.8 Å². The second-order valence-corrected chi connectivity index (χ2v) is 10.5. The molecule has 1 aromatic carbocycles. The van der Waals surface area contributed by atoms with Crippen molar-refractivity contribution in [1.82, 2.24) is 24.3 Å². The van der Waals surface area contributed by atoms with Crippen LogP contribution >= 0.6 is 11.3 Å². The molecule has 3 aromatic rings. The number of thiazole rings is 1. The van der Waals surface area contributed by atoms with Gasteiger partial charge in [-0.05, 0) is 44.7 Å². The van der Waals surface area contributed by atoms with Crippen molar-refractivity contribution < 1.29 is 19.1 Å². The molecule has 2 bridgehead atoms. The minimum atomic E-state index is -0.0238. The van der Waals surface area contributed by atoms with E-state index in [4.69, 9.17) is 9.47 Å². The zero-order valence-electron chi connectivity index (χ0n) is 22.3. The average molecular weight is 540 g/mol. The fraction of sp³-hybridized carbons (Fsp3) is 0.500. The summed E-state index contributed by atoms with van der Waals surface area (Å²) in [6, 6.07) is 7.90. The molecule has 0 saturated heterocycles. The van der Waals surface area contributed by atoms with Crippen LogP contribution in [0, 0.1) is 6.92 Å². The summed E-state index contributed by atoms with van der Waals surface area (Å²) in [6.07, 6.45) is 7.16. The summed E-state index contributed by atoms with van der Waals surface area (Å²) >= 11 is 1.61. The Balaban J connectivity index is 1.50. The van der Waals surface area contributed by atoms with Crippen LogP contribution in [0.3, 0.4) is 0 Å². The zero-order chi connectivity index (χ0) is 26.7. The number of aryl methyl sites for hydroxylation is 2. The van der Waals surface area contributed by atoms with Crippen LogP contribution < -0.4 is 4.74 Å². The second-order valence-electron chi connectivity index (χ2n) is 9.43. The Kier molecular flexibility index (Phi) is 10.3. The van der Waals surface area contributed by atoms with Crippen LogP contribution in [0.15, 0.2) is 42.0 Å². The van der Waals surface area contributed by atoms with Crippen LogP contribution in [0.5, 0.6) is 5.75 Å². The van der Waals surface area contributed by atoms with Crippen molar-refractivity contribution in [2.24, 2.45) is 0 Å². The van der Waals surface area contributed by atoms with Gasteiger partial charge in [-0.15, -0.1) is 11.3 Å². The van der Waals surface area contributed by atoms with Crippen molar-refractivity contribution in [3.8, 4) is 17.1 Å². The quantitative estimate of drug-likeness (QED) is 0.490. The van der Waals surface area contributed by atoms with Crippen LogP contribution in [0.4, 0.5) is 0 Å². The molecule has 0 N–H and O–H groups in total. The smallest absolute Gasteiger partial charge is 0.248 e. The van der Waals surface area contributed by atoms with Gasteiger partial charge in [-0.25, -0.2) is 9.97 Å². The normalized spacial score (nSPS) is 15.4. The molecule has 4 rings (SSSR count). The van der Waals surface area contributed by atoms with E-state index in [0.717, 1.165) is 47.1 Å². The maximum Gasteiger partial charge on any atom is 0.248 e. The van der Waals surface area contributed by atoms with E-state index in [0.29, 0.717) is 52.2 Å². The van der Waals surface area contributed by atoms with Gasteiger partial charge in [0.1, 0.15) is 18.2 Å². The summed E-state index contributed by atoms with van der Waals surface area (Å²) in [5.74, 6) is 1.72. The lowest BCUT2D eigenvalue weighted by Gasteiger charge is -2.25. The fourth-order valence-corrected chi connectivity index (χ4v) is 5.25. The van der Waals surface area contributed by atoms with Gasteiger partial charge in [0.25, 0.3) is 0 Å². The third-order valence-electron chi connectivity index (χ3n) is 6.60. The third-order valence-corrected chi connectivity index (χ3v) is 7.42. The van der Waals surface area contributed by atoms with E-state index in [-0.39, 0.29) is 18.4 Å². The number of imidazole rings is 1. The highest BCUT2D eigenvalue weighted by Crippen LogP contribution is 2.23. The summed E-state index contributed by atoms with van der Waals surface area (Å²) in [4.78, 5) is 38.8. The highest BCUT2D eigenvalue weighted by atomic mass is 32.1. The topological polar surface area (TPSA) is 89.8 Å². The summed E-state index contributed by atoms with van der Waals surface area (Å²) < 4.78 is 13.2. The van der Waals surface area contributed by atoms with Gasteiger partial charge in [0.15, 0.2) is 0 Å². The Bertz CT molecular complexity index is 1190. The lowest BCUT2D eigenvalue weighted by Crippen LogP contribution is -2.37. The number of methoxy groups -OCH3 is 1. The summed E-state index contributed by atoms with van der Waals surface area (Å²) in [5.41, 5.74) is 1.93. The van der Waals surface area contributed by atoms with Crippen LogP contribution in [0.2, 0.25) is 0 Å². The zero-order valence-corrected chi connectivity index (χ0v) is 23.1. The minimum absolute atomic E-state index is 0.0238. The van der Waals surface area contributed by atoms with Crippen molar-refractivity contribution in [2.45, 2.75) is 45.6 Å². The number of carbonyl (C=O) groups is 2. The van der Waals surface area contributed by atoms with E-state index in [1.165, 1.54) is 7.11 Å². The van der Waals surface area contributed by atoms with Crippen molar-refractivity contribution >= 4 is 23.2 Å². The molecule has 3 heterocycles. The predicted octanol–water partition coefficient (Wildman–Crippen LogP) is 3.81. The number of amides is 2. The standard InChI is InChI=1S/C28H37N5O4S/c1-22-30-24(21-38-22)9-10-26(34)32-13-4-3-12-31(27(35)20-36-2)14-6-18-37-25-8-5-7-23(19-25)28-29-11-15-33(28)17-16-32/h5,7-8,11,15,19,21H,3-4,6,9-10,12-14,16-18,20H2,1-2H3. The molecule has 0 radical (unpaired) electrons. The highest BCUT2D eigenvalue weighted by Gasteiger charge is 2.18. The number of ether oxygens (including phenoxy) is 2. The summed E-state index contributed by atoms with van der Waals surface area (Å²) in [6.45, 7) is 5.65. The molecule has 0 fully saturated rings. The molecule has 10 heteroatoms. The first-order valence-corrected chi connectivity index (χ1v) is 14.1. The summed E-state index contributed by atoms with van der Waals surface area (Å²) in [5, 5.41) is 3.05. The van der Waals surface area contributed by atoms with Gasteiger partial charge in [0.05, 0.1) is 17.3 Å². The molecule has 38 heavy (non-hydrogen) atoms. The first-order valence-electron chi connectivity index (χ1n) is 13.2. The largest absolute Gasteiger partial charge is 0.494 e. The molecular weight excluding hydrogens is 502 g/mol. The number of fused-ring (bicyclic) bond motifs is 4. The third kappa shape index (κ3) is 7.88. The molecule has 2 aromatic heterocycles. The molecule has 1 aliphatic rings. The monoisotopic (exact) mass is 539 g/mol. The Morgan fingerprint density at radius 3 is 2.61 bits per heavy atom. The average Bonchev–Trinajstić information content (AvgIpc) is 3.56. The van der Waals surface area contributed by atoms with Gasteiger partial charge in [-0.1, -0.05) is 12.1 Å². The number of benzene rings is 1. The molecule has 0 saturated carbocycles. The van der Waals surface area contributed by atoms with E-state index in [1.807, 2.05) is 52.6 Å². The van der Waals surface area contributed by atoms with Crippen LogP contribution in [0.1, 0.15) is 36.4 Å². The lowest BCUT2D eigenvalue weighted by atomic mass is 10.2. The molecule has 2 amide bonds. The fourth-order valence-electron chi connectivity index (χ4n) is 4.61. The number of nitrogens with zero attached hydrogens (tertiary/aromatic N) is 5. The molecule has 9 nitrogen and oxygen atoms in total. The van der Waals surface area contributed by atoms with Crippen molar-refractivity contribution in [2.75, 3.05) is 46.5 Å². The SMILES string of the molecule is COCC(=O)N1CCCCN(C(=O)CCc2csc(C)n2)CCn2ccnc2-c2cccc(c2)OCCC1. The van der Waals surface area contributed by atoms with Crippen molar-refractivity contribution in [1.29, 1.82) is 0 Å². The van der Waals surface area contributed by atoms with E-state index in [2.05, 4.69) is 14.5 Å². The van der Waals surface area contributed by atoms with Gasteiger partial charge in [0, 0.05) is 69.6 Å². The minimum Gasteiger partial charge on any atom is -0.494 e. The molecule has 0 atom stereocenters. The van der Waals surface area contributed by atoms with Crippen LogP contribution in [-0.2, 0) is 27.3 Å². The van der Waals surface area contributed by atoms with E-state index < -0.39 is 0 Å². The number of hydrogen-bond acceptors (Lipinski definition) is 7. The number of carbonyl (C=O) groups excluding carboxylic acids is 2. The number of aromatic nitrogens is 3. The Morgan fingerprint density at radius 2 is 1.84 bits per heavy atom. The maximum atomic E-state index is 13.3. The van der Waals surface area contributed by atoms with Crippen molar-refractivity contribution in [3.63, 3.8) is 0 Å². The van der Waals surface area contributed by atoms with E-state index in [9.17, 15) is 9.59 Å². The van der Waals surface area contributed by atoms with Gasteiger partial charge < -0.3 is 23.8 Å². The first-order chi connectivity index (χ1) is 18.5. The number of hydrogen-bond donors (Lipinski definition) is 0. The molecule has 204 valence electrons. The van der Waals surface area contributed by atoms with Crippen molar-refractivity contribution in [3.05, 3.63) is 52.7 Å². The Morgan fingerprint density at radius 1 is 1.05 bits per heavy atom. The summed E-state index contributed by atoms with van der Waals surface area (Å²) in [7, 11) is 1.54. The van der Waals surface area contributed by atoms with E-state index >= 15 is 0 Å².